The van der Waals surface area contributed by atoms with E-state index in [-0.39, 0.29) is 6.41 Å². The summed E-state index contributed by atoms with van der Waals surface area (Å²) in [6, 6.07) is -1.01. The Morgan fingerprint density at radius 1 is 1.50 bits per heavy atom. The van der Waals surface area contributed by atoms with Crippen molar-refractivity contribution in [2.75, 3.05) is 6.61 Å². The molecule has 6 N–H and O–H groups in total. The van der Waals surface area contributed by atoms with Gasteiger partial charge in [-0.2, -0.15) is 5.10 Å². The van der Waals surface area contributed by atoms with Crippen molar-refractivity contribution in [3.63, 3.8) is 0 Å². The zero-order chi connectivity index (χ0) is 13.7. The molecule has 10 nitrogen and oxygen atoms in total. The summed E-state index contributed by atoms with van der Waals surface area (Å²) in [5, 5.41) is 31.3. The summed E-state index contributed by atoms with van der Waals surface area (Å²) in [6.45, 7) is -0.537. The number of amides is 3. The lowest BCUT2D eigenvalue weighted by Gasteiger charge is -2.24. The fourth-order valence-corrected chi connectivity index (χ4v) is 1.48. The number of nitrogens with two attached hydrogens (primary N) is 1. The molecule has 0 unspecified atom stereocenters. The van der Waals surface area contributed by atoms with E-state index in [0.717, 1.165) is 6.34 Å². The van der Waals surface area contributed by atoms with Crippen LogP contribution in [-0.2, 0) is 9.53 Å². The highest BCUT2D eigenvalue weighted by atomic mass is 16.6. The van der Waals surface area contributed by atoms with Gasteiger partial charge in [-0.3, -0.25) is 9.69 Å². The first-order chi connectivity index (χ1) is 8.52. The van der Waals surface area contributed by atoms with Crippen LogP contribution in [-0.4, -0.2) is 70.1 Å². The Labute approximate surface area is 102 Å². The van der Waals surface area contributed by atoms with Crippen LogP contribution in [0.25, 0.3) is 0 Å². The number of hydrogen-bond donors (Lipinski definition) is 5. The topological polar surface area (TPSA) is 158 Å². The Balaban J connectivity index is 2.80. The van der Waals surface area contributed by atoms with E-state index < -0.39 is 37.2 Å². The standard InChI is InChI=1S/C8H14N4O6/c9-8(17)12(2-10-11-3-14)7-6(16)5(15)4(1-13)18-7/h2-7,13,15-16H,1H2,(H2,9,17)(H,11,14)/b10-2+/t4-,5-,6-,7-/m1/s1. The lowest BCUT2D eigenvalue weighted by Crippen LogP contribution is -2.49. The second-order valence-corrected chi connectivity index (χ2v) is 3.47. The van der Waals surface area contributed by atoms with Gasteiger partial charge in [0.15, 0.2) is 6.23 Å². The first-order valence-corrected chi connectivity index (χ1v) is 4.95. The smallest absolute Gasteiger partial charge is 0.322 e. The zero-order valence-electron chi connectivity index (χ0n) is 9.21. The molecule has 1 saturated heterocycles. The van der Waals surface area contributed by atoms with Crippen LogP contribution in [0.15, 0.2) is 5.10 Å². The highest BCUT2D eigenvalue weighted by Gasteiger charge is 2.46. The number of rotatable bonds is 5. The van der Waals surface area contributed by atoms with Crippen molar-refractivity contribution in [3.05, 3.63) is 0 Å². The number of nitrogens with zero attached hydrogens (tertiary/aromatic N) is 2. The minimum absolute atomic E-state index is 0.257. The van der Waals surface area contributed by atoms with E-state index in [4.69, 9.17) is 15.6 Å². The van der Waals surface area contributed by atoms with E-state index >= 15 is 0 Å². The summed E-state index contributed by atoms with van der Waals surface area (Å²) in [6.07, 6.45) is -4.08. The van der Waals surface area contributed by atoms with Gasteiger partial charge in [0.2, 0.25) is 6.41 Å². The quantitative estimate of drug-likeness (QED) is 0.150. The summed E-state index contributed by atoms with van der Waals surface area (Å²) >= 11 is 0. The third kappa shape index (κ3) is 2.92. The maximum Gasteiger partial charge on any atom is 0.322 e. The predicted octanol–water partition coefficient (Wildman–Crippen LogP) is -3.50. The van der Waals surface area contributed by atoms with Crippen molar-refractivity contribution in [2.24, 2.45) is 10.8 Å². The predicted molar refractivity (Wildman–Crippen MR) is 56.9 cm³/mol. The van der Waals surface area contributed by atoms with Gasteiger partial charge < -0.3 is 25.8 Å². The highest BCUT2D eigenvalue weighted by molar-refractivity contribution is 5.85. The van der Waals surface area contributed by atoms with Crippen LogP contribution in [0.3, 0.4) is 0 Å². The van der Waals surface area contributed by atoms with E-state index in [0.29, 0.717) is 4.90 Å². The Morgan fingerprint density at radius 3 is 2.61 bits per heavy atom. The second kappa shape index (κ2) is 6.26. The van der Waals surface area contributed by atoms with Crippen molar-refractivity contribution >= 4 is 18.8 Å². The first-order valence-electron chi connectivity index (χ1n) is 4.95. The molecule has 1 heterocycles. The van der Waals surface area contributed by atoms with Gasteiger partial charge in [-0.05, 0) is 0 Å². The van der Waals surface area contributed by atoms with E-state index in [9.17, 15) is 19.8 Å². The van der Waals surface area contributed by atoms with Crippen LogP contribution in [0.2, 0.25) is 0 Å². The van der Waals surface area contributed by atoms with Crippen molar-refractivity contribution < 1.29 is 29.6 Å². The Bertz CT molecular complexity index is 338. The fourth-order valence-electron chi connectivity index (χ4n) is 1.48. The zero-order valence-corrected chi connectivity index (χ0v) is 9.21. The molecule has 1 aliphatic rings. The summed E-state index contributed by atoms with van der Waals surface area (Å²) in [4.78, 5) is 21.8. The summed E-state index contributed by atoms with van der Waals surface area (Å²) in [5.41, 5.74) is 6.94. The van der Waals surface area contributed by atoms with E-state index in [1.807, 2.05) is 5.43 Å². The van der Waals surface area contributed by atoms with Crippen molar-refractivity contribution in [1.29, 1.82) is 0 Å². The van der Waals surface area contributed by atoms with Crippen molar-refractivity contribution in [2.45, 2.75) is 24.5 Å². The molecule has 0 saturated carbocycles. The van der Waals surface area contributed by atoms with Gasteiger partial charge in [-0.1, -0.05) is 0 Å². The minimum Gasteiger partial charge on any atom is -0.394 e. The molecular formula is C8H14N4O6. The normalized spacial score (nSPS) is 31.5. The number of hydrogen-bond acceptors (Lipinski definition) is 7. The van der Waals surface area contributed by atoms with Crippen LogP contribution in [0, 0.1) is 0 Å². The molecule has 0 aromatic rings. The third-order valence-electron chi connectivity index (χ3n) is 2.36. The average molecular weight is 262 g/mol. The van der Waals surface area contributed by atoms with Gasteiger partial charge in [-0.25, -0.2) is 10.2 Å². The fraction of sp³-hybridized carbons (Fsp3) is 0.625. The van der Waals surface area contributed by atoms with Gasteiger partial charge in [0.25, 0.3) is 0 Å². The molecule has 0 aliphatic carbocycles. The maximum atomic E-state index is 11.1. The molecule has 4 atom stereocenters. The molecule has 0 spiro atoms. The second-order valence-electron chi connectivity index (χ2n) is 3.47. The SMILES string of the molecule is NC(=O)N(/C=N/NC=O)[C@@H]1O[C@H](CO)[C@@H](O)[C@H]1O. The number of ether oxygens (including phenoxy) is 1. The summed E-state index contributed by atoms with van der Waals surface area (Å²) < 4.78 is 5.06. The van der Waals surface area contributed by atoms with E-state index in [2.05, 4.69) is 5.10 Å². The molecular weight excluding hydrogens is 248 g/mol. The van der Waals surface area contributed by atoms with E-state index in [1.54, 1.807) is 0 Å². The minimum atomic E-state index is -1.46. The van der Waals surface area contributed by atoms with Crippen LogP contribution in [0.5, 0.6) is 0 Å². The lowest BCUT2D eigenvalue weighted by atomic mass is 10.1. The van der Waals surface area contributed by atoms with Crippen LogP contribution in [0.1, 0.15) is 0 Å². The Morgan fingerprint density at radius 2 is 2.17 bits per heavy atom. The number of aliphatic hydroxyl groups excluding tert-OH is 3. The summed E-state index contributed by atoms with van der Waals surface area (Å²) in [5.74, 6) is 0. The van der Waals surface area contributed by atoms with Gasteiger partial charge in [0, 0.05) is 0 Å². The largest absolute Gasteiger partial charge is 0.394 e. The Kier molecular flexibility index (Phi) is 4.97. The molecule has 0 aromatic carbocycles. The molecule has 10 heteroatoms. The molecule has 1 fully saturated rings. The van der Waals surface area contributed by atoms with Crippen molar-refractivity contribution in [1.82, 2.24) is 10.3 Å². The number of urea groups is 1. The molecule has 0 aromatic heterocycles. The first kappa shape index (κ1) is 14.3. The maximum absolute atomic E-state index is 11.1. The summed E-state index contributed by atoms with van der Waals surface area (Å²) in [7, 11) is 0. The van der Waals surface area contributed by atoms with Gasteiger partial charge in [-0.15, -0.1) is 0 Å². The molecule has 0 bridgehead atoms. The van der Waals surface area contributed by atoms with Gasteiger partial charge in [0.05, 0.1) is 6.61 Å². The lowest BCUT2D eigenvalue weighted by molar-refractivity contribution is -0.109. The number of carbonyl (C=O) groups is 2. The van der Waals surface area contributed by atoms with Crippen LogP contribution in [0.4, 0.5) is 4.79 Å². The molecule has 1 aliphatic heterocycles. The van der Waals surface area contributed by atoms with Gasteiger partial charge >= 0.3 is 6.03 Å². The molecule has 18 heavy (non-hydrogen) atoms. The Hall–Kier alpha value is -1.75. The number of carbonyl (C=O) groups excluding carboxylic acids is 2. The van der Waals surface area contributed by atoms with E-state index in [1.165, 1.54) is 0 Å². The average Bonchev–Trinajstić information content (AvgIpc) is 2.62. The number of primary amides is 1. The van der Waals surface area contributed by atoms with Crippen LogP contribution < -0.4 is 11.2 Å². The third-order valence-corrected chi connectivity index (χ3v) is 2.36. The van der Waals surface area contributed by atoms with Crippen LogP contribution >= 0.6 is 0 Å². The highest BCUT2D eigenvalue weighted by Crippen LogP contribution is 2.23. The number of nitrogens with one attached hydrogen (secondary N) is 1. The monoisotopic (exact) mass is 262 g/mol. The molecule has 3 amide bonds. The van der Waals surface area contributed by atoms with Gasteiger partial charge in [0.1, 0.15) is 24.7 Å². The molecule has 0 radical (unpaired) electrons. The molecule has 1 rings (SSSR count). The molecule has 102 valence electrons. The number of aliphatic hydroxyl groups is 3. The number of hydrazone groups is 1. The van der Waals surface area contributed by atoms with Crippen molar-refractivity contribution in [3.8, 4) is 0 Å².